The van der Waals surface area contributed by atoms with E-state index < -0.39 is 0 Å². The molecule has 0 saturated heterocycles. The number of hydrogen-bond donors (Lipinski definition) is 0. The first-order chi connectivity index (χ1) is 25.6. The predicted octanol–water partition coefficient (Wildman–Crippen LogP) is 12.2. The van der Waals surface area contributed by atoms with Crippen LogP contribution in [-0.4, -0.2) is 49.6 Å². The molecule has 282 valence electrons. The van der Waals surface area contributed by atoms with Crippen LogP contribution in [0.2, 0.25) is 0 Å². The summed E-state index contributed by atoms with van der Waals surface area (Å²) in [6.45, 7) is 16.7. The van der Waals surface area contributed by atoms with Gasteiger partial charge in [0, 0.05) is 22.9 Å². The molecule has 0 unspecified atom stereocenters. The first kappa shape index (κ1) is 39.0. The zero-order chi connectivity index (χ0) is 36.7. The molecule has 0 bridgehead atoms. The molecule has 0 atom stereocenters. The zero-order valence-corrected chi connectivity index (χ0v) is 32.5. The van der Waals surface area contributed by atoms with Gasteiger partial charge in [-0.15, -0.1) is 0 Å². The van der Waals surface area contributed by atoms with Crippen molar-refractivity contribution in [3.8, 4) is 34.5 Å². The first-order valence-electron chi connectivity index (χ1n) is 20.1. The van der Waals surface area contributed by atoms with Crippen LogP contribution in [0.1, 0.15) is 119 Å². The fraction of sp³-hybridized carbons (Fsp3) is 0.545. The number of fused-ring (bicyclic) bond motifs is 7. The largest absolute Gasteiger partial charge is 0.490 e. The van der Waals surface area contributed by atoms with Gasteiger partial charge in [-0.05, 0) is 73.6 Å². The van der Waals surface area contributed by atoms with Crippen molar-refractivity contribution in [2.45, 2.75) is 119 Å². The van der Waals surface area contributed by atoms with E-state index in [9.17, 15) is 0 Å². The minimum atomic E-state index is 0.611. The number of rotatable bonds is 24. The number of ether oxygens (including phenoxy) is 6. The Morgan fingerprint density at radius 3 is 0.808 bits per heavy atom. The summed E-state index contributed by atoms with van der Waals surface area (Å²) in [5.41, 5.74) is 3.07. The lowest BCUT2D eigenvalue weighted by molar-refractivity contribution is 0.262. The van der Waals surface area contributed by atoms with Gasteiger partial charge in [-0.25, -0.2) is 9.97 Å². The van der Waals surface area contributed by atoms with Crippen molar-refractivity contribution < 1.29 is 28.4 Å². The first-order valence-corrected chi connectivity index (χ1v) is 20.1. The minimum Gasteiger partial charge on any atom is -0.490 e. The molecule has 0 fully saturated rings. The normalized spacial score (nSPS) is 11.5. The Morgan fingerprint density at radius 1 is 0.327 bits per heavy atom. The highest BCUT2D eigenvalue weighted by molar-refractivity contribution is 6.25. The summed E-state index contributed by atoms with van der Waals surface area (Å²) in [6.07, 6.45) is 12.0. The van der Waals surface area contributed by atoms with E-state index in [4.69, 9.17) is 38.4 Å². The standard InChI is InChI=1S/C44H60N2O6/c1-7-13-19-47-37-25-31-32-26-38(48-20-14-8-2)40(50-22-16-10-4)28-34(32)44-43(33(31)27-39(37)49-21-15-9-3)45-35-29-41(51-23-17-11-5)42(30-36(35)46-44)52-24-18-12-6/h25-30H,7-24H2,1-6H3. The van der Waals surface area contributed by atoms with Crippen LogP contribution < -0.4 is 28.4 Å². The Morgan fingerprint density at radius 2 is 0.558 bits per heavy atom. The molecule has 4 aromatic carbocycles. The van der Waals surface area contributed by atoms with Gasteiger partial charge in [0.2, 0.25) is 0 Å². The van der Waals surface area contributed by atoms with Gasteiger partial charge in [-0.2, -0.15) is 0 Å². The second-order valence-electron chi connectivity index (χ2n) is 13.6. The summed E-state index contributed by atoms with van der Waals surface area (Å²) in [5, 5.41) is 3.90. The molecule has 0 aliphatic carbocycles. The molecule has 0 aliphatic rings. The van der Waals surface area contributed by atoms with Gasteiger partial charge in [0.05, 0.1) is 61.7 Å². The molecule has 0 aliphatic heterocycles. The summed E-state index contributed by atoms with van der Waals surface area (Å²) in [4.78, 5) is 10.7. The molecule has 5 aromatic rings. The van der Waals surface area contributed by atoms with Crippen LogP contribution in [0.4, 0.5) is 0 Å². The lowest BCUT2D eigenvalue weighted by Crippen LogP contribution is -2.04. The van der Waals surface area contributed by atoms with Crippen LogP contribution in [0.5, 0.6) is 34.5 Å². The van der Waals surface area contributed by atoms with Crippen molar-refractivity contribution in [2.75, 3.05) is 39.6 Å². The maximum Gasteiger partial charge on any atom is 0.163 e. The monoisotopic (exact) mass is 712 g/mol. The molecule has 1 aromatic heterocycles. The Labute approximate surface area is 310 Å². The molecular weight excluding hydrogens is 652 g/mol. The van der Waals surface area contributed by atoms with Crippen LogP contribution in [0.3, 0.4) is 0 Å². The van der Waals surface area contributed by atoms with Crippen molar-refractivity contribution in [2.24, 2.45) is 0 Å². The second kappa shape index (κ2) is 20.1. The maximum atomic E-state index is 6.41. The van der Waals surface area contributed by atoms with Gasteiger partial charge < -0.3 is 28.4 Å². The van der Waals surface area contributed by atoms with Crippen molar-refractivity contribution >= 4 is 43.6 Å². The van der Waals surface area contributed by atoms with Crippen molar-refractivity contribution in [1.82, 2.24) is 9.97 Å². The van der Waals surface area contributed by atoms with Crippen molar-refractivity contribution in [3.05, 3.63) is 36.4 Å². The minimum absolute atomic E-state index is 0.611. The van der Waals surface area contributed by atoms with Gasteiger partial charge in [0.1, 0.15) is 0 Å². The van der Waals surface area contributed by atoms with Crippen LogP contribution in [0, 0.1) is 0 Å². The van der Waals surface area contributed by atoms with Gasteiger partial charge in [-0.1, -0.05) is 80.1 Å². The lowest BCUT2D eigenvalue weighted by Gasteiger charge is -2.19. The third kappa shape index (κ3) is 9.61. The van der Waals surface area contributed by atoms with Crippen LogP contribution in [0.25, 0.3) is 43.6 Å². The second-order valence-corrected chi connectivity index (χ2v) is 13.6. The third-order valence-electron chi connectivity index (χ3n) is 9.23. The fourth-order valence-corrected chi connectivity index (χ4v) is 6.03. The van der Waals surface area contributed by atoms with Gasteiger partial charge >= 0.3 is 0 Å². The van der Waals surface area contributed by atoms with Crippen molar-refractivity contribution in [1.29, 1.82) is 0 Å². The highest BCUT2D eigenvalue weighted by atomic mass is 16.5. The van der Waals surface area contributed by atoms with Gasteiger partial charge in [0.25, 0.3) is 0 Å². The van der Waals surface area contributed by atoms with E-state index in [1.165, 1.54) is 0 Å². The molecular formula is C44H60N2O6. The Kier molecular flexibility index (Phi) is 15.1. The summed E-state index contributed by atoms with van der Waals surface area (Å²) < 4.78 is 38.2. The van der Waals surface area contributed by atoms with E-state index >= 15 is 0 Å². The Hall–Kier alpha value is -4.20. The average molecular weight is 713 g/mol. The Bertz CT molecular complexity index is 1760. The van der Waals surface area contributed by atoms with Gasteiger partial charge in [0.15, 0.2) is 34.5 Å². The van der Waals surface area contributed by atoms with E-state index in [2.05, 4.69) is 65.8 Å². The molecule has 8 nitrogen and oxygen atoms in total. The van der Waals surface area contributed by atoms with E-state index in [1.54, 1.807) is 0 Å². The number of benzene rings is 4. The van der Waals surface area contributed by atoms with Crippen LogP contribution >= 0.6 is 0 Å². The smallest absolute Gasteiger partial charge is 0.163 e. The molecule has 0 amide bonds. The third-order valence-corrected chi connectivity index (χ3v) is 9.23. The highest BCUT2D eigenvalue weighted by Gasteiger charge is 2.21. The molecule has 1 heterocycles. The quantitative estimate of drug-likeness (QED) is 0.0355. The maximum absolute atomic E-state index is 6.41. The van der Waals surface area contributed by atoms with Crippen LogP contribution in [0.15, 0.2) is 36.4 Å². The lowest BCUT2D eigenvalue weighted by atomic mass is 9.97. The summed E-state index contributed by atoms with van der Waals surface area (Å²) >= 11 is 0. The number of hydrogen-bond acceptors (Lipinski definition) is 8. The topological polar surface area (TPSA) is 81.2 Å². The molecule has 0 spiro atoms. The fourth-order valence-electron chi connectivity index (χ4n) is 6.03. The Balaban J connectivity index is 1.82. The molecule has 0 N–H and O–H groups in total. The number of aromatic nitrogens is 2. The summed E-state index contributed by atoms with van der Waals surface area (Å²) in [7, 11) is 0. The van der Waals surface area contributed by atoms with E-state index in [0.717, 1.165) is 144 Å². The number of nitrogens with zero attached hydrogens (tertiary/aromatic N) is 2. The van der Waals surface area contributed by atoms with E-state index in [1.807, 2.05) is 12.1 Å². The average Bonchev–Trinajstić information content (AvgIpc) is 3.15. The highest BCUT2D eigenvalue weighted by Crippen LogP contribution is 2.45. The number of unbranched alkanes of at least 4 members (excludes halogenated alkanes) is 6. The molecule has 8 heteroatoms. The van der Waals surface area contributed by atoms with E-state index in [-0.39, 0.29) is 0 Å². The summed E-state index contributed by atoms with van der Waals surface area (Å²) in [5.74, 6) is 4.33. The van der Waals surface area contributed by atoms with Crippen molar-refractivity contribution in [3.63, 3.8) is 0 Å². The molecule has 5 rings (SSSR count). The summed E-state index contributed by atoms with van der Waals surface area (Å²) in [6, 6.07) is 12.4. The molecule has 0 saturated carbocycles. The predicted molar refractivity (Wildman–Crippen MR) is 214 cm³/mol. The van der Waals surface area contributed by atoms with Gasteiger partial charge in [-0.3, -0.25) is 0 Å². The van der Waals surface area contributed by atoms with E-state index in [0.29, 0.717) is 51.1 Å². The van der Waals surface area contributed by atoms with Crippen LogP contribution in [-0.2, 0) is 0 Å². The SMILES string of the molecule is CCCCOc1cc2nc3c4cc(OCCCC)c(OCCCC)cc4c4cc(OCCCC)c(OCCCC)cc4c3nc2cc1OCCCC. The molecule has 0 radical (unpaired) electrons. The molecule has 52 heavy (non-hydrogen) atoms. The zero-order valence-electron chi connectivity index (χ0n) is 32.5.